The molecule has 1 heterocycles. The van der Waals surface area contributed by atoms with Gasteiger partial charge in [0.15, 0.2) is 17.8 Å². The van der Waals surface area contributed by atoms with E-state index in [2.05, 4.69) is 0 Å². The van der Waals surface area contributed by atoms with E-state index in [0.717, 1.165) is 0 Å². The fourth-order valence-electron chi connectivity index (χ4n) is 1.38. The number of allylic oxidation sites excluding steroid dienone is 1. The molecule has 0 atom stereocenters. The van der Waals surface area contributed by atoms with Gasteiger partial charge in [-0.3, -0.25) is 9.59 Å². The summed E-state index contributed by atoms with van der Waals surface area (Å²) in [6, 6.07) is 12.1. The minimum atomic E-state index is -0.102. The summed E-state index contributed by atoms with van der Waals surface area (Å²) >= 11 is 0. The molecule has 2 aromatic rings. The first-order valence-corrected chi connectivity index (χ1v) is 5.12. The first-order valence-electron chi connectivity index (χ1n) is 5.12. The smallest absolute Gasteiger partial charge is 0.185 e. The Morgan fingerprint density at radius 1 is 1.00 bits per heavy atom. The van der Waals surface area contributed by atoms with Gasteiger partial charge < -0.3 is 4.42 Å². The van der Waals surface area contributed by atoms with Gasteiger partial charge in [0.05, 0.1) is 0 Å². The third-order valence-electron chi connectivity index (χ3n) is 2.22. The molecule has 0 fully saturated rings. The number of rotatable bonds is 4. The SMILES string of the molecule is O=Cc1ccc(/C=C/C(=O)c2ccccc2)o1. The Labute approximate surface area is 98.4 Å². The minimum Gasteiger partial charge on any atom is -0.454 e. The second-order valence-electron chi connectivity index (χ2n) is 3.42. The highest BCUT2D eigenvalue weighted by atomic mass is 16.3. The van der Waals surface area contributed by atoms with Gasteiger partial charge in [-0.2, -0.15) is 0 Å². The van der Waals surface area contributed by atoms with E-state index in [0.29, 0.717) is 17.6 Å². The summed E-state index contributed by atoms with van der Waals surface area (Å²) in [5.41, 5.74) is 0.617. The Kier molecular flexibility index (Phi) is 3.31. The summed E-state index contributed by atoms with van der Waals surface area (Å²) in [6.07, 6.45) is 3.58. The zero-order valence-corrected chi connectivity index (χ0v) is 9.00. The van der Waals surface area contributed by atoms with Crippen molar-refractivity contribution in [3.63, 3.8) is 0 Å². The lowest BCUT2D eigenvalue weighted by atomic mass is 10.1. The lowest BCUT2D eigenvalue weighted by Gasteiger charge is -1.92. The van der Waals surface area contributed by atoms with Crippen LogP contribution in [0.3, 0.4) is 0 Å². The second kappa shape index (κ2) is 5.07. The van der Waals surface area contributed by atoms with E-state index in [1.54, 1.807) is 42.5 Å². The fourth-order valence-corrected chi connectivity index (χ4v) is 1.38. The molecule has 0 spiro atoms. The number of hydrogen-bond donors (Lipinski definition) is 0. The molecule has 0 aliphatic heterocycles. The molecule has 0 radical (unpaired) electrons. The van der Waals surface area contributed by atoms with Crippen LogP contribution in [0.2, 0.25) is 0 Å². The van der Waals surface area contributed by atoms with Crippen molar-refractivity contribution in [1.29, 1.82) is 0 Å². The quantitative estimate of drug-likeness (QED) is 0.457. The molecule has 0 aliphatic carbocycles. The van der Waals surface area contributed by atoms with Gasteiger partial charge in [-0.1, -0.05) is 30.3 Å². The number of furan rings is 1. The van der Waals surface area contributed by atoms with Gasteiger partial charge in [0.25, 0.3) is 0 Å². The highest BCUT2D eigenvalue weighted by Gasteiger charge is 2.01. The molecule has 0 amide bonds. The van der Waals surface area contributed by atoms with Crippen LogP contribution in [0.4, 0.5) is 0 Å². The zero-order chi connectivity index (χ0) is 12.1. The average Bonchev–Trinajstić information content (AvgIpc) is 2.85. The first-order chi connectivity index (χ1) is 8.29. The summed E-state index contributed by atoms with van der Waals surface area (Å²) in [5.74, 6) is 0.628. The van der Waals surface area contributed by atoms with Crippen molar-refractivity contribution in [3.8, 4) is 0 Å². The molecule has 17 heavy (non-hydrogen) atoms. The molecule has 0 saturated carbocycles. The van der Waals surface area contributed by atoms with E-state index in [-0.39, 0.29) is 11.5 Å². The minimum absolute atomic E-state index is 0.102. The Morgan fingerprint density at radius 3 is 2.35 bits per heavy atom. The number of aldehydes is 1. The molecule has 0 bridgehead atoms. The van der Waals surface area contributed by atoms with Crippen molar-refractivity contribution < 1.29 is 14.0 Å². The van der Waals surface area contributed by atoms with Gasteiger partial charge in [-0.25, -0.2) is 0 Å². The molecule has 3 nitrogen and oxygen atoms in total. The van der Waals surface area contributed by atoms with Crippen molar-refractivity contribution in [1.82, 2.24) is 0 Å². The van der Waals surface area contributed by atoms with Crippen LogP contribution in [0.25, 0.3) is 6.08 Å². The summed E-state index contributed by atoms with van der Waals surface area (Å²) in [5, 5.41) is 0. The van der Waals surface area contributed by atoms with E-state index < -0.39 is 0 Å². The Balaban J connectivity index is 2.11. The summed E-state index contributed by atoms with van der Waals surface area (Å²) in [7, 11) is 0. The first kappa shape index (κ1) is 11.1. The van der Waals surface area contributed by atoms with Gasteiger partial charge in [0.1, 0.15) is 5.76 Å². The van der Waals surface area contributed by atoms with Crippen LogP contribution in [0, 0.1) is 0 Å². The largest absolute Gasteiger partial charge is 0.454 e. The van der Waals surface area contributed by atoms with Crippen molar-refractivity contribution >= 4 is 18.1 Å². The molecular formula is C14H10O3. The maximum absolute atomic E-state index is 11.7. The number of carbonyl (C=O) groups is 2. The summed E-state index contributed by atoms with van der Waals surface area (Å²) < 4.78 is 5.11. The lowest BCUT2D eigenvalue weighted by molar-refractivity contribution is 0.104. The normalized spacial score (nSPS) is 10.6. The van der Waals surface area contributed by atoms with E-state index in [1.165, 1.54) is 6.08 Å². The van der Waals surface area contributed by atoms with E-state index in [1.807, 2.05) is 6.07 Å². The van der Waals surface area contributed by atoms with Gasteiger partial charge in [0, 0.05) is 5.56 Å². The van der Waals surface area contributed by atoms with Gasteiger partial charge in [-0.15, -0.1) is 0 Å². The maximum atomic E-state index is 11.7. The maximum Gasteiger partial charge on any atom is 0.185 e. The zero-order valence-electron chi connectivity index (χ0n) is 9.00. The van der Waals surface area contributed by atoms with E-state index >= 15 is 0 Å². The molecule has 0 aliphatic rings. The van der Waals surface area contributed by atoms with Crippen LogP contribution < -0.4 is 0 Å². The Hall–Kier alpha value is -2.42. The Bertz CT molecular complexity index is 550. The number of carbonyl (C=O) groups excluding carboxylic acids is 2. The molecule has 1 aromatic carbocycles. The van der Waals surface area contributed by atoms with Crippen molar-refractivity contribution in [2.45, 2.75) is 0 Å². The fraction of sp³-hybridized carbons (Fsp3) is 0. The van der Waals surface area contributed by atoms with E-state index in [9.17, 15) is 9.59 Å². The summed E-state index contributed by atoms with van der Waals surface area (Å²) in [6.45, 7) is 0. The van der Waals surface area contributed by atoms with Crippen molar-refractivity contribution in [2.75, 3.05) is 0 Å². The van der Waals surface area contributed by atoms with Crippen LogP contribution in [0.5, 0.6) is 0 Å². The van der Waals surface area contributed by atoms with Crippen molar-refractivity contribution in [2.24, 2.45) is 0 Å². The third kappa shape index (κ3) is 2.78. The van der Waals surface area contributed by atoms with Gasteiger partial charge in [0.2, 0.25) is 0 Å². The molecule has 2 rings (SSSR count). The second-order valence-corrected chi connectivity index (χ2v) is 3.42. The predicted molar refractivity (Wildman–Crippen MR) is 63.9 cm³/mol. The van der Waals surface area contributed by atoms with Crippen LogP contribution in [0.1, 0.15) is 26.7 Å². The molecule has 84 valence electrons. The molecule has 3 heteroatoms. The van der Waals surface area contributed by atoms with Crippen LogP contribution >= 0.6 is 0 Å². The number of benzene rings is 1. The van der Waals surface area contributed by atoms with Crippen LogP contribution in [-0.4, -0.2) is 12.1 Å². The molecule has 0 saturated heterocycles. The van der Waals surface area contributed by atoms with E-state index in [4.69, 9.17) is 4.42 Å². The topological polar surface area (TPSA) is 47.3 Å². The van der Waals surface area contributed by atoms with Crippen molar-refractivity contribution in [3.05, 3.63) is 65.6 Å². The summed E-state index contributed by atoms with van der Waals surface area (Å²) in [4.78, 5) is 22.1. The third-order valence-corrected chi connectivity index (χ3v) is 2.22. The highest BCUT2D eigenvalue weighted by Crippen LogP contribution is 2.09. The average molecular weight is 226 g/mol. The number of hydrogen-bond acceptors (Lipinski definition) is 3. The van der Waals surface area contributed by atoms with Gasteiger partial charge >= 0.3 is 0 Å². The monoisotopic (exact) mass is 226 g/mol. The molecule has 1 aromatic heterocycles. The lowest BCUT2D eigenvalue weighted by Crippen LogP contribution is -1.92. The Morgan fingerprint density at radius 2 is 1.71 bits per heavy atom. The van der Waals surface area contributed by atoms with Gasteiger partial charge in [-0.05, 0) is 24.3 Å². The predicted octanol–water partition coefficient (Wildman–Crippen LogP) is 2.99. The van der Waals surface area contributed by atoms with Crippen LogP contribution in [0.15, 0.2) is 53.0 Å². The highest BCUT2D eigenvalue weighted by molar-refractivity contribution is 6.06. The van der Waals surface area contributed by atoms with Crippen LogP contribution in [-0.2, 0) is 0 Å². The number of ketones is 1. The standard InChI is InChI=1S/C14H10O3/c15-10-13-7-6-12(17-13)8-9-14(16)11-4-2-1-3-5-11/h1-10H/b9-8+. The molecular weight excluding hydrogens is 216 g/mol. The molecule has 0 unspecified atom stereocenters. The molecule has 0 N–H and O–H groups in total.